The van der Waals surface area contributed by atoms with Gasteiger partial charge < -0.3 is 15.5 Å². The quantitative estimate of drug-likeness (QED) is 0.669. The van der Waals surface area contributed by atoms with Crippen molar-refractivity contribution < 1.29 is 4.39 Å². The number of aromatic nitrogens is 3. The second-order valence-corrected chi connectivity index (χ2v) is 7.14. The SMILES string of the molecule is CC1CCN(c2ccc(Nc3nncc(Nc4cccc(F)c4)n3)cc2)CC1. The minimum absolute atomic E-state index is 0.311. The van der Waals surface area contributed by atoms with Gasteiger partial charge >= 0.3 is 0 Å². The Bertz CT molecular complexity index is 922. The van der Waals surface area contributed by atoms with E-state index in [1.54, 1.807) is 12.1 Å². The Hall–Kier alpha value is -3.22. The van der Waals surface area contributed by atoms with E-state index in [0.717, 1.165) is 24.7 Å². The van der Waals surface area contributed by atoms with Crippen LogP contribution in [0.15, 0.2) is 54.7 Å². The first-order chi connectivity index (χ1) is 13.7. The van der Waals surface area contributed by atoms with E-state index < -0.39 is 0 Å². The van der Waals surface area contributed by atoms with Gasteiger partial charge in [-0.1, -0.05) is 13.0 Å². The maximum atomic E-state index is 13.3. The summed E-state index contributed by atoms with van der Waals surface area (Å²) in [5, 5.41) is 14.2. The maximum Gasteiger partial charge on any atom is 0.249 e. The van der Waals surface area contributed by atoms with E-state index in [9.17, 15) is 4.39 Å². The van der Waals surface area contributed by atoms with Gasteiger partial charge in [-0.2, -0.15) is 10.1 Å². The molecule has 144 valence electrons. The zero-order valence-electron chi connectivity index (χ0n) is 15.8. The van der Waals surface area contributed by atoms with Crippen LogP contribution in [0.1, 0.15) is 19.8 Å². The summed E-state index contributed by atoms with van der Waals surface area (Å²) in [5.41, 5.74) is 2.73. The Balaban J connectivity index is 1.41. The van der Waals surface area contributed by atoms with Crippen molar-refractivity contribution in [1.82, 2.24) is 15.2 Å². The van der Waals surface area contributed by atoms with Crippen LogP contribution in [0, 0.1) is 11.7 Å². The summed E-state index contributed by atoms with van der Waals surface area (Å²) >= 11 is 0. The molecular formula is C21H23FN6. The average molecular weight is 378 g/mol. The fourth-order valence-electron chi connectivity index (χ4n) is 3.28. The predicted octanol–water partition coefficient (Wildman–Crippen LogP) is 4.73. The van der Waals surface area contributed by atoms with Crippen molar-refractivity contribution in [2.24, 2.45) is 5.92 Å². The molecule has 1 aliphatic heterocycles. The molecule has 1 fully saturated rings. The van der Waals surface area contributed by atoms with E-state index in [2.05, 4.69) is 49.8 Å². The number of halogens is 1. The molecule has 1 saturated heterocycles. The lowest BCUT2D eigenvalue weighted by atomic mass is 9.99. The van der Waals surface area contributed by atoms with Crippen LogP contribution in [-0.4, -0.2) is 28.3 Å². The van der Waals surface area contributed by atoms with Gasteiger partial charge in [-0.15, -0.1) is 5.10 Å². The van der Waals surface area contributed by atoms with E-state index in [-0.39, 0.29) is 5.82 Å². The van der Waals surface area contributed by atoms with Crippen molar-refractivity contribution in [3.8, 4) is 0 Å². The van der Waals surface area contributed by atoms with Crippen molar-refractivity contribution in [2.45, 2.75) is 19.8 Å². The molecule has 0 radical (unpaired) electrons. The van der Waals surface area contributed by atoms with Gasteiger partial charge in [0.25, 0.3) is 0 Å². The highest BCUT2D eigenvalue weighted by molar-refractivity contribution is 5.61. The van der Waals surface area contributed by atoms with E-state index in [0.29, 0.717) is 17.5 Å². The van der Waals surface area contributed by atoms with Crippen LogP contribution in [0.4, 0.5) is 33.2 Å². The highest BCUT2D eigenvalue weighted by atomic mass is 19.1. The molecule has 3 aromatic rings. The third-order valence-electron chi connectivity index (χ3n) is 4.93. The molecule has 2 aromatic carbocycles. The smallest absolute Gasteiger partial charge is 0.249 e. The molecule has 7 heteroatoms. The normalized spacial score (nSPS) is 14.7. The molecular weight excluding hydrogens is 355 g/mol. The van der Waals surface area contributed by atoms with Crippen LogP contribution >= 0.6 is 0 Å². The Kier molecular flexibility index (Phi) is 5.32. The molecule has 2 heterocycles. The number of anilines is 5. The molecule has 6 nitrogen and oxygen atoms in total. The number of hydrogen-bond donors (Lipinski definition) is 2. The molecule has 0 spiro atoms. The largest absolute Gasteiger partial charge is 0.372 e. The number of nitrogens with zero attached hydrogens (tertiary/aromatic N) is 4. The van der Waals surface area contributed by atoms with Gasteiger partial charge in [0.15, 0.2) is 5.82 Å². The van der Waals surface area contributed by atoms with Gasteiger partial charge in [-0.05, 0) is 61.2 Å². The average Bonchev–Trinajstić information content (AvgIpc) is 2.70. The van der Waals surface area contributed by atoms with E-state index >= 15 is 0 Å². The highest BCUT2D eigenvalue weighted by Crippen LogP contribution is 2.25. The number of piperidine rings is 1. The van der Waals surface area contributed by atoms with Crippen LogP contribution in [0.5, 0.6) is 0 Å². The van der Waals surface area contributed by atoms with Crippen LogP contribution in [0.3, 0.4) is 0 Å². The highest BCUT2D eigenvalue weighted by Gasteiger charge is 2.15. The van der Waals surface area contributed by atoms with Gasteiger partial charge in [-0.3, -0.25) is 0 Å². The van der Waals surface area contributed by atoms with Gasteiger partial charge in [0.05, 0.1) is 6.20 Å². The maximum absolute atomic E-state index is 13.3. The van der Waals surface area contributed by atoms with Gasteiger partial charge in [0.2, 0.25) is 5.95 Å². The second-order valence-electron chi connectivity index (χ2n) is 7.14. The predicted molar refractivity (Wildman–Crippen MR) is 110 cm³/mol. The van der Waals surface area contributed by atoms with E-state index in [1.807, 2.05) is 12.1 Å². The number of benzene rings is 2. The molecule has 2 N–H and O–H groups in total. The van der Waals surface area contributed by atoms with Crippen molar-refractivity contribution in [3.63, 3.8) is 0 Å². The monoisotopic (exact) mass is 378 g/mol. The summed E-state index contributed by atoms with van der Waals surface area (Å²) in [6, 6.07) is 14.4. The lowest BCUT2D eigenvalue weighted by Gasteiger charge is -2.32. The molecule has 1 aliphatic rings. The second kappa shape index (κ2) is 8.21. The van der Waals surface area contributed by atoms with Crippen LogP contribution in [0.25, 0.3) is 0 Å². The topological polar surface area (TPSA) is 66.0 Å². The first-order valence-electron chi connectivity index (χ1n) is 9.50. The fourth-order valence-corrected chi connectivity index (χ4v) is 3.28. The molecule has 0 atom stereocenters. The van der Waals surface area contributed by atoms with Crippen molar-refractivity contribution in [1.29, 1.82) is 0 Å². The summed E-state index contributed by atoms with van der Waals surface area (Å²) < 4.78 is 13.3. The fraction of sp³-hybridized carbons (Fsp3) is 0.286. The summed E-state index contributed by atoms with van der Waals surface area (Å²) in [5.74, 6) is 1.37. The van der Waals surface area contributed by atoms with Gasteiger partial charge in [0.1, 0.15) is 5.82 Å². The van der Waals surface area contributed by atoms with E-state index in [4.69, 9.17) is 0 Å². The summed E-state index contributed by atoms with van der Waals surface area (Å²) in [4.78, 5) is 6.81. The molecule has 0 aliphatic carbocycles. The van der Waals surface area contributed by atoms with Gasteiger partial charge in [-0.25, -0.2) is 4.39 Å². The lowest BCUT2D eigenvalue weighted by Crippen LogP contribution is -2.32. The third-order valence-corrected chi connectivity index (χ3v) is 4.93. The molecule has 1 aromatic heterocycles. The van der Waals surface area contributed by atoms with Crippen LogP contribution < -0.4 is 15.5 Å². The Morgan fingerprint density at radius 3 is 2.54 bits per heavy atom. The van der Waals surface area contributed by atoms with Crippen molar-refractivity contribution >= 4 is 28.8 Å². The van der Waals surface area contributed by atoms with Crippen LogP contribution in [-0.2, 0) is 0 Å². The van der Waals surface area contributed by atoms with Crippen LogP contribution in [0.2, 0.25) is 0 Å². The summed E-state index contributed by atoms with van der Waals surface area (Å²) in [7, 11) is 0. The third kappa shape index (κ3) is 4.54. The molecule has 0 unspecified atom stereocenters. The lowest BCUT2D eigenvalue weighted by molar-refractivity contribution is 0.438. The van der Waals surface area contributed by atoms with Crippen molar-refractivity contribution in [2.75, 3.05) is 28.6 Å². The summed E-state index contributed by atoms with van der Waals surface area (Å²) in [6.07, 6.45) is 3.98. The first kappa shape index (κ1) is 18.2. The molecule has 28 heavy (non-hydrogen) atoms. The Morgan fingerprint density at radius 1 is 1.00 bits per heavy atom. The van der Waals surface area contributed by atoms with E-state index in [1.165, 1.54) is 36.9 Å². The molecule has 0 bridgehead atoms. The molecule has 0 amide bonds. The Morgan fingerprint density at radius 2 is 1.79 bits per heavy atom. The van der Waals surface area contributed by atoms with Gasteiger partial charge in [0, 0.05) is 30.2 Å². The molecule has 0 saturated carbocycles. The summed E-state index contributed by atoms with van der Waals surface area (Å²) in [6.45, 7) is 4.53. The standard InChI is InChI=1S/C21H23FN6/c1-15-9-11-28(12-10-15)19-7-5-17(6-8-19)25-21-26-20(14-23-27-21)24-18-4-2-3-16(22)13-18/h2-8,13-15H,9-12H2,1H3,(H2,24,25,26,27). The molecule has 4 rings (SSSR count). The zero-order valence-corrected chi connectivity index (χ0v) is 15.8. The van der Waals surface area contributed by atoms with Crippen molar-refractivity contribution in [3.05, 3.63) is 60.5 Å². The number of rotatable bonds is 5. The first-order valence-corrected chi connectivity index (χ1v) is 9.50. The number of hydrogen-bond acceptors (Lipinski definition) is 6. The minimum Gasteiger partial charge on any atom is -0.372 e. The minimum atomic E-state index is -0.311. The number of nitrogens with one attached hydrogen (secondary N) is 2. The Labute approximate surface area is 163 Å². The zero-order chi connectivity index (χ0) is 19.3.